The zero-order valence-electron chi connectivity index (χ0n) is 24.9. The fourth-order valence-corrected chi connectivity index (χ4v) is 4.11. The van der Waals surface area contributed by atoms with Gasteiger partial charge in [-0.05, 0) is 54.4 Å². The van der Waals surface area contributed by atoms with Crippen LogP contribution in [0.2, 0.25) is 0 Å². The number of hydrogen-bond acceptors (Lipinski definition) is 5. The second-order valence-electron chi connectivity index (χ2n) is 12.4. The highest BCUT2D eigenvalue weighted by Gasteiger charge is 2.33. The minimum absolute atomic E-state index is 0.0574. The summed E-state index contributed by atoms with van der Waals surface area (Å²) in [5.41, 5.74) is -1.19. The molecule has 0 saturated heterocycles. The van der Waals surface area contributed by atoms with E-state index in [1.165, 1.54) is 38.5 Å². The van der Waals surface area contributed by atoms with Crippen LogP contribution in [-0.4, -0.2) is 66.8 Å². The molecule has 0 spiro atoms. The van der Waals surface area contributed by atoms with Crippen LogP contribution >= 0.6 is 0 Å². The third-order valence-electron chi connectivity index (χ3n) is 5.78. The number of carbonyl (C=O) groups excluding carboxylic acids is 3. The molecule has 0 aliphatic heterocycles. The largest absolute Gasteiger partial charge is 0.456 e. The van der Waals surface area contributed by atoms with Gasteiger partial charge in [-0.3, -0.25) is 4.79 Å². The summed E-state index contributed by atoms with van der Waals surface area (Å²) in [5.74, 6) is 2.03. The zero-order valence-corrected chi connectivity index (χ0v) is 24.9. The number of terminal acetylenes is 1. The van der Waals surface area contributed by atoms with Crippen molar-refractivity contribution >= 4 is 17.8 Å². The minimum atomic E-state index is -0.593. The third kappa shape index (κ3) is 22.8. The van der Waals surface area contributed by atoms with Crippen LogP contribution in [0.25, 0.3) is 0 Å². The molecule has 7 heteroatoms. The predicted octanol–water partition coefficient (Wildman–Crippen LogP) is 5.55. The van der Waals surface area contributed by atoms with Crippen molar-refractivity contribution in [3.8, 4) is 12.3 Å². The molecule has 0 aliphatic carbocycles. The highest BCUT2D eigenvalue weighted by molar-refractivity contribution is 5.75. The van der Waals surface area contributed by atoms with Crippen molar-refractivity contribution in [1.29, 1.82) is 0 Å². The average molecular weight is 524 g/mol. The van der Waals surface area contributed by atoms with Gasteiger partial charge < -0.3 is 19.3 Å². The van der Waals surface area contributed by atoms with Crippen LogP contribution < -0.4 is 5.32 Å². The topological polar surface area (TPSA) is 81.7 Å². The molecular formula is C30H55N2O5+. The fraction of sp³-hybridized carbons (Fsp3) is 0.833. The summed E-state index contributed by atoms with van der Waals surface area (Å²) < 4.78 is 11.1. The first-order valence-electron chi connectivity index (χ1n) is 14.1. The molecule has 7 nitrogen and oxygen atoms in total. The van der Waals surface area contributed by atoms with Gasteiger partial charge in [-0.15, -0.1) is 12.3 Å². The van der Waals surface area contributed by atoms with Crippen molar-refractivity contribution in [3.63, 3.8) is 0 Å². The molecule has 1 amide bonds. The number of likely N-dealkylation sites (N-methyl/N-ethyl adjacent to an activating group) is 1. The van der Waals surface area contributed by atoms with Gasteiger partial charge in [-0.2, -0.15) is 0 Å². The summed E-state index contributed by atoms with van der Waals surface area (Å²) in [6.07, 6.45) is 17.9. The van der Waals surface area contributed by atoms with E-state index in [0.717, 1.165) is 25.7 Å². The molecule has 0 aromatic carbocycles. The lowest BCUT2D eigenvalue weighted by Crippen LogP contribution is -2.53. The molecular weight excluding hydrogens is 468 g/mol. The lowest BCUT2D eigenvalue weighted by atomic mass is 10.1. The molecule has 0 aromatic rings. The van der Waals surface area contributed by atoms with E-state index in [-0.39, 0.29) is 35.4 Å². The van der Waals surface area contributed by atoms with Gasteiger partial charge in [0.05, 0.1) is 13.6 Å². The van der Waals surface area contributed by atoms with Crippen LogP contribution in [0.15, 0.2) is 0 Å². The molecule has 0 saturated carbocycles. The third-order valence-corrected chi connectivity index (χ3v) is 5.78. The molecule has 0 aliphatic rings. The highest BCUT2D eigenvalue weighted by Crippen LogP contribution is 2.14. The molecule has 37 heavy (non-hydrogen) atoms. The van der Waals surface area contributed by atoms with Crippen LogP contribution in [-0.2, 0) is 23.9 Å². The van der Waals surface area contributed by atoms with E-state index in [4.69, 9.17) is 15.9 Å². The van der Waals surface area contributed by atoms with Crippen LogP contribution in [0.1, 0.15) is 119 Å². The number of carbonyl (C=O) groups is 3. The molecule has 0 radical (unpaired) electrons. The van der Waals surface area contributed by atoms with E-state index in [9.17, 15) is 14.4 Å². The number of amides is 1. The Morgan fingerprint density at radius 1 is 0.730 bits per heavy atom. The normalized spacial score (nSPS) is 12.1. The Hall–Kier alpha value is -2.07. The number of nitrogens with zero attached hydrogens (tertiary/aromatic N) is 1. The number of esters is 2. The molecule has 0 atom stereocenters. The predicted molar refractivity (Wildman–Crippen MR) is 150 cm³/mol. The highest BCUT2D eigenvalue weighted by atomic mass is 16.6. The first kappa shape index (κ1) is 34.9. The van der Waals surface area contributed by atoms with Crippen LogP contribution in [0.5, 0.6) is 0 Å². The Balaban J connectivity index is 4.31. The van der Waals surface area contributed by atoms with Crippen molar-refractivity contribution in [3.05, 3.63) is 0 Å². The van der Waals surface area contributed by atoms with Crippen molar-refractivity contribution in [2.45, 2.75) is 130 Å². The maximum atomic E-state index is 12.5. The molecule has 0 heterocycles. The number of quaternary nitrogens is 1. The average Bonchev–Trinajstić information content (AvgIpc) is 2.72. The van der Waals surface area contributed by atoms with Gasteiger partial charge in [0.25, 0.3) is 0 Å². The quantitative estimate of drug-likeness (QED) is 0.104. The van der Waals surface area contributed by atoms with Crippen LogP contribution in [0.3, 0.4) is 0 Å². The molecule has 1 N–H and O–H groups in total. The fourth-order valence-electron chi connectivity index (χ4n) is 4.11. The molecule has 214 valence electrons. The SMILES string of the molecule is C#CCCCCCCCCCCCC(=O)NCCC[N+](C)(CC(=O)OC(C)(C)C)CC(=O)OC(C)(C)C. The lowest BCUT2D eigenvalue weighted by Gasteiger charge is -2.34. The summed E-state index contributed by atoms with van der Waals surface area (Å²) in [7, 11) is 1.85. The van der Waals surface area contributed by atoms with Crippen molar-refractivity contribution in [2.24, 2.45) is 0 Å². The first-order chi connectivity index (χ1) is 17.2. The molecule has 0 rings (SSSR count). The van der Waals surface area contributed by atoms with Gasteiger partial charge in [0.1, 0.15) is 11.2 Å². The lowest BCUT2D eigenvalue weighted by molar-refractivity contribution is -0.895. The maximum Gasteiger partial charge on any atom is 0.362 e. The van der Waals surface area contributed by atoms with E-state index < -0.39 is 11.2 Å². The molecule has 0 bridgehead atoms. The Morgan fingerprint density at radius 2 is 1.16 bits per heavy atom. The van der Waals surface area contributed by atoms with Gasteiger partial charge in [0.15, 0.2) is 13.1 Å². The summed E-state index contributed by atoms with van der Waals surface area (Å²) in [5, 5.41) is 2.98. The number of hydrogen-bond donors (Lipinski definition) is 1. The summed E-state index contributed by atoms with van der Waals surface area (Å²) in [4.78, 5) is 37.2. The molecule has 0 unspecified atom stereocenters. The van der Waals surface area contributed by atoms with Gasteiger partial charge in [0, 0.05) is 25.8 Å². The number of nitrogens with one attached hydrogen (secondary N) is 1. The summed E-state index contributed by atoms with van der Waals surface area (Å²) in [6, 6.07) is 0. The van der Waals surface area contributed by atoms with E-state index in [2.05, 4.69) is 11.2 Å². The van der Waals surface area contributed by atoms with E-state index in [1.807, 2.05) is 48.6 Å². The molecule has 0 aromatic heterocycles. The number of rotatable bonds is 19. The number of ether oxygens (including phenoxy) is 2. The van der Waals surface area contributed by atoms with E-state index >= 15 is 0 Å². The number of unbranched alkanes of at least 4 members (excludes halogenated alkanes) is 9. The smallest absolute Gasteiger partial charge is 0.362 e. The monoisotopic (exact) mass is 523 g/mol. The van der Waals surface area contributed by atoms with Crippen molar-refractivity contribution < 1.29 is 28.3 Å². The second kappa shape index (κ2) is 18.2. The Kier molecular flexibility index (Phi) is 17.2. The van der Waals surface area contributed by atoms with Crippen molar-refractivity contribution in [1.82, 2.24) is 5.32 Å². The Bertz CT molecular complexity index is 683. The Morgan fingerprint density at radius 3 is 1.59 bits per heavy atom. The standard InChI is InChI=1S/C30H54N2O5/c1-9-10-11-12-13-14-15-16-17-18-19-21-26(33)31-22-20-23-32(8,24-27(34)36-29(2,3)4)25-28(35)37-30(5,6)7/h1H,10-25H2,2-8H3/p+1. The van der Waals surface area contributed by atoms with Gasteiger partial charge >= 0.3 is 11.9 Å². The van der Waals surface area contributed by atoms with Crippen molar-refractivity contribution in [2.75, 3.05) is 33.2 Å². The van der Waals surface area contributed by atoms with Gasteiger partial charge in [0.2, 0.25) is 5.91 Å². The van der Waals surface area contributed by atoms with E-state index in [1.54, 1.807) is 0 Å². The Labute approximate surface area is 227 Å². The minimum Gasteiger partial charge on any atom is -0.456 e. The van der Waals surface area contributed by atoms with E-state index in [0.29, 0.717) is 25.9 Å². The summed E-state index contributed by atoms with van der Waals surface area (Å²) >= 11 is 0. The summed E-state index contributed by atoms with van der Waals surface area (Å²) in [6.45, 7) is 12.1. The second-order valence-corrected chi connectivity index (χ2v) is 12.4. The van der Waals surface area contributed by atoms with Gasteiger partial charge in [-0.1, -0.05) is 44.9 Å². The van der Waals surface area contributed by atoms with Gasteiger partial charge in [-0.25, -0.2) is 9.59 Å². The van der Waals surface area contributed by atoms with Crippen LogP contribution in [0, 0.1) is 12.3 Å². The van der Waals surface area contributed by atoms with Crippen LogP contribution in [0.4, 0.5) is 0 Å². The zero-order chi connectivity index (χ0) is 28.4. The molecule has 0 fully saturated rings. The maximum absolute atomic E-state index is 12.5. The first-order valence-corrected chi connectivity index (χ1v) is 14.1.